The van der Waals surface area contributed by atoms with Crippen molar-refractivity contribution in [3.63, 3.8) is 0 Å². The highest BCUT2D eigenvalue weighted by Gasteiger charge is 2.38. The van der Waals surface area contributed by atoms with Crippen molar-refractivity contribution in [2.24, 2.45) is 0 Å². The Morgan fingerprint density at radius 1 is 1.21 bits per heavy atom. The molecule has 0 saturated carbocycles. The summed E-state index contributed by atoms with van der Waals surface area (Å²) in [6.45, 7) is 3.35. The van der Waals surface area contributed by atoms with Gasteiger partial charge in [-0.25, -0.2) is 14.4 Å². The van der Waals surface area contributed by atoms with E-state index in [9.17, 15) is 0 Å². The van der Waals surface area contributed by atoms with Gasteiger partial charge in [-0.15, -0.1) is 0 Å². The number of fused-ring (bicyclic) bond motifs is 1. The summed E-state index contributed by atoms with van der Waals surface area (Å²) < 4.78 is 15.3. The number of aryl methyl sites for hydroxylation is 1. The van der Waals surface area contributed by atoms with E-state index in [1.54, 1.807) is 18.6 Å². The molecule has 24 heavy (non-hydrogen) atoms. The van der Waals surface area contributed by atoms with E-state index in [4.69, 9.17) is 0 Å². The average Bonchev–Trinajstić information content (AvgIpc) is 3.06. The molecule has 1 fully saturated rings. The maximum Gasteiger partial charge on any atom is 0.156 e. The first-order valence-electron chi connectivity index (χ1n) is 8.37. The lowest BCUT2D eigenvalue weighted by molar-refractivity contribution is 0.119. The van der Waals surface area contributed by atoms with Crippen LogP contribution in [-0.4, -0.2) is 33.0 Å². The number of anilines is 1. The second kappa shape index (κ2) is 5.85. The van der Waals surface area contributed by atoms with Gasteiger partial charge in [-0.1, -0.05) is 13.0 Å². The number of hydrogen-bond donors (Lipinski definition) is 1. The summed E-state index contributed by atoms with van der Waals surface area (Å²) in [7, 11) is 0. The zero-order valence-corrected chi connectivity index (χ0v) is 13.7. The van der Waals surface area contributed by atoms with E-state index >= 15 is 4.39 Å². The van der Waals surface area contributed by atoms with Gasteiger partial charge in [-0.2, -0.15) is 0 Å². The van der Waals surface area contributed by atoms with E-state index in [2.05, 4.69) is 31.8 Å². The molecule has 0 unspecified atom stereocenters. The molecule has 1 aliphatic heterocycles. The highest BCUT2D eigenvalue weighted by molar-refractivity contribution is 5.90. The molecule has 3 aromatic rings. The Morgan fingerprint density at radius 2 is 2.04 bits per heavy atom. The second-order valence-electron chi connectivity index (χ2n) is 6.26. The minimum Gasteiger partial charge on any atom is -0.356 e. The molecule has 124 valence electrons. The van der Waals surface area contributed by atoms with Crippen LogP contribution in [0.4, 0.5) is 10.2 Å². The van der Waals surface area contributed by atoms with Crippen molar-refractivity contribution in [3.05, 3.63) is 48.2 Å². The van der Waals surface area contributed by atoms with Crippen molar-refractivity contribution in [2.45, 2.75) is 31.9 Å². The fraction of sp³-hybridized carbons (Fsp3) is 0.389. The van der Waals surface area contributed by atoms with Crippen molar-refractivity contribution in [2.75, 3.05) is 18.0 Å². The third kappa shape index (κ3) is 2.42. The first kappa shape index (κ1) is 15.1. The molecule has 0 radical (unpaired) electrons. The normalized spacial score (nSPS) is 17.3. The van der Waals surface area contributed by atoms with E-state index in [0.717, 1.165) is 23.3 Å². The number of piperidine rings is 1. The topological polar surface area (TPSA) is 57.7 Å². The van der Waals surface area contributed by atoms with E-state index in [1.807, 2.05) is 18.3 Å². The molecule has 3 aromatic heterocycles. The Bertz CT molecular complexity index is 837. The number of nitrogens with one attached hydrogen (secondary N) is 1. The summed E-state index contributed by atoms with van der Waals surface area (Å²) in [6.07, 6.45) is 6.96. The summed E-state index contributed by atoms with van der Waals surface area (Å²) in [5.74, 6) is 0.904. The zero-order valence-electron chi connectivity index (χ0n) is 13.7. The number of halogens is 1. The van der Waals surface area contributed by atoms with Crippen molar-refractivity contribution >= 4 is 16.9 Å². The van der Waals surface area contributed by atoms with Crippen LogP contribution < -0.4 is 4.90 Å². The molecule has 1 N–H and O–H groups in total. The molecule has 0 aliphatic carbocycles. The lowest BCUT2D eigenvalue weighted by Gasteiger charge is -2.36. The van der Waals surface area contributed by atoms with Gasteiger partial charge in [-0.3, -0.25) is 4.98 Å². The molecular weight excluding hydrogens is 305 g/mol. The molecule has 5 nitrogen and oxygen atoms in total. The van der Waals surface area contributed by atoms with Gasteiger partial charge in [0.25, 0.3) is 0 Å². The third-order valence-electron chi connectivity index (χ3n) is 4.89. The van der Waals surface area contributed by atoms with Crippen LogP contribution in [-0.2, 0) is 12.1 Å². The standard InChI is InChI=1S/C18H20FN5/c1-2-13-11-21-16-15(13)17(23-12-22-16)24-9-6-18(19,7-10-24)14-5-3-4-8-20-14/h3-5,8,11-12H,2,6-7,9-10H2,1H3,(H,21,22,23). The van der Waals surface area contributed by atoms with Gasteiger partial charge in [0.1, 0.15) is 17.8 Å². The summed E-state index contributed by atoms with van der Waals surface area (Å²) in [5.41, 5.74) is 1.23. The fourth-order valence-electron chi connectivity index (χ4n) is 3.48. The molecule has 0 atom stereocenters. The maximum atomic E-state index is 15.3. The average molecular weight is 325 g/mol. The Kier molecular flexibility index (Phi) is 3.67. The van der Waals surface area contributed by atoms with E-state index in [-0.39, 0.29) is 0 Å². The number of pyridine rings is 1. The first-order valence-corrected chi connectivity index (χ1v) is 8.37. The Labute approximate surface area is 140 Å². The molecule has 0 aromatic carbocycles. The van der Waals surface area contributed by atoms with E-state index in [1.165, 1.54) is 5.56 Å². The molecule has 0 amide bonds. The van der Waals surface area contributed by atoms with Crippen molar-refractivity contribution in [3.8, 4) is 0 Å². The summed E-state index contributed by atoms with van der Waals surface area (Å²) in [5, 5.41) is 1.06. The zero-order chi connectivity index (χ0) is 16.6. The molecule has 4 rings (SSSR count). The van der Waals surface area contributed by atoms with Crippen LogP contribution in [0.3, 0.4) is 0 Å². The summed E-state index contributed by atoms with van der Waals surface area (Å²) >= 11 is 0. The Hall–Kier alpha value is -2.50. The smallest absolute Gasteiger partial charge is 0.156 e. The van der Waals surface area contributed by atoms with Crippen molar-refractivity contribution in [1.29, 1.82) is 0 Å². The molecule has 1 saturated heterocycles. The van der Waals surface area contributed by atoms with Crippen molar-refractivity contribution in [1.82, 2.24) is 19.9 Å². The van der Waals surface area contributed by atoms with Crippen molar-refractivity contribution < 1.29 is 4.39 Å². The summed E-state index contributed by atoms with van der Waals surface area (Å²) in [6, 6.07) is 5.44. The number of nitrogens with zero attached hydrogens (tertiary/aromatic N) is 4. The lowest BCUT2D eigenvalue weighted by atomic mass is 9.89. The lowest BCUT2D eigenvalue weighted by Crippen LogP contribution is -2.41. The second-order valence-corrected chi connectivity index (χ2v) is 6.26. The number of H-pyrrole nitrogens is 1. The van der Waals surface area contributed by atoms with Gasteiger partial charge in [-0.05, 0) is 24.1 Å². The number of aromatic nitrogens is 4. The van der Waals surface area contributed by atoms with Crippen LogP contribution in [0.1, 0.15) is 31.0 Å². The highest BCUT2D eigenvalue weighted by atomic mass is 19.1. The molecule has 4 heterocycles. The monoisotopic (exact) mass is 325 g/mol. The number of aromatic amines is 1. The van der Waals surface area contributed by atoms with Crippen LogP contribution >= 0.6 is 0 Å². The minimum absolute atomic E-state index is 0.418. The van der Waals surface area contributed by atoms with Crippen LogP contribution in [0, 0.1) is 0 Å². The predicted octanol–water partition coefficient (Wildman–Crippen LogP) is 3.38. The first-order chi connectivity index (χ1) is 11.7. The third-order valence-corrected chi connectivity index (χ3v) is 4.89. The van der Waals surface area contributed by atoms with Gasteiger partial charge in [0.2, 0.25) is 0 Å². The Morgan fingerprint density at radius 3 is 2.75 bits per heavy atom. The summed E-state index contributed by atoms with van der Waals surface area (Å²) in [4.78, 5) is 18.4. The van der Waals surface area contributed by atoms with Gasteiger partial charge in [0, 0.05) is 38.3 Å². The van der Waals surface area contributed by atoms with Crippen LogP contribution in [0.2, 0.25) is 0 Å². The molecule has 1 aliphatic rings. The quantitative estimate of drug-likeness (QED) is 0.802. The molecule has 6 heteroatoms. The molecule has 0 bridgehead atoms. The molecule has 0 spiro atoms. The van der Waals surface area contributed by atoms with Gasteiger partial charge >= 0.3 is 0 Å². The van der Waals surface area contributed by atoms with Crippen LogP contribution in [0.15, 0.2) is 36.9 Å². The number of hydrogen-bond acceptors (Lipinski definition) is 4. The Balaban J connectivity index is 1.62. The molecular formula is C18H20FN5. The van der Waals surface area contributed by atoms with Gasteiger partial charge < -0.3 is 9.88 Å². The van der Waals surface area contributed by atoms with Crippen LogP contribution in [0.25, 0.3) is 11.0 Å². The number of alkyl halides is 1. The minimum atomic E-state index is -1.35. The van der Waals surface area contributed by atoms with Gasteiger partial charge in [0.05, 0.1) is 11.1 Å². The largest absolute Gasteiger partial charge is 0.356 e. The highest BCUT2D eigenvalue weighted by Crippen LogP contribution is 2.38. The van der Waals surface area contributed by atoms with E-state index < -0.39 is 5.67 Å². The van der Waals surface area contributed by atoms with E-state index in [0.29, 0.717) is 31.6 Å². The number of rotatable bonds is 3. The van der Waals surface area contributed by atoms with Crippen LogP contribution in [0.5, 0.6) is 0 Å². The SMILES string of the molecule is CCc1c[nH]c2ncnc(N3CCC(F)(c4ccccn4)CC3)c12. The fourth-order valence-corrected chi connectivity index (χ4v) is 3.48. The van der Waals surface area contributed by atoms with Gasteiger partial charge in [0.15, 0.2) is 5.67 Å². The maximum absolute atomic E-state index is 15.3. The predicted molar refractivity (Wildman–Crippen MR) is 91.7 cm³/mol.